The van der Waals surface area contributed by atoms with Crippen LogP contribution in [0.1, 0.15) is 44.5 Å². The molecule has 2 aliphatic heterocycles. The van der Waals surface area contributed by atoms with Crippen LogP contribution in [-0.2, 0) is 10.8 Å². The Balaban J connectivity index is 1.02. The van der Waals surface area contributed by atoms with Gasteiger partial charge in [0.25, 0.3) is 0 Å². The fourth-order valence-electron chi connectivity index (χ4n) is 12.6. The van der Waals surface area contributed by atoms with E-state index in [4.69, 9.17) is 9.47 Å². The van der Waals surface area contributed by atoms with E-state index in [-0.39, 0.29) is 0 Å². The predicted octanol–water partition coefficient (Wildman–Crippen LogP) is 16.9. The van der Waals surface area contributed by atoms with E-state index in [2.05, 4.69) is 254 Å². The maximum Gasteiger partial charge on any atom is 0.132 e. The molecule has 0 atom stereocenters. The van der Waals surface area contributed by atoms with Gasteiger partial charge in [0.05, 0.1) is 16.5 Å². The quantitative estimate of drug-likeness (QED) is 0.176. The van der Waals surface area contributed by atoms with Crippen molar-refractivity contribution < 1.29 is 9.47 Å². The zero-order valence-corrected chi connectivity index (χ0v) is 37.4. The molecule has 0 radical (unpaired) electrons. The second kappa shape index (κ2) is 14.3. The van der Waals surface area contributed by atoms with Crippen LogP contribution in [0.25, 0.3) is 44.2 Å². The summed E-state index contributed by atoms with van der Waals surface area (Å²) in [4.78, 5) is 2.50. The van der Waals surface area contributed by atoms with Gasteiger partial charge < -0.3 is 14.4 Å². The van der Waals surface area contributed by atoms with Crippen LogP contribution < -0.4 is 14.4 Å². The van der Waals surface area contributed by atoms with E-state index in [1.807, 2.05) is 0 Å². The fourth-order valence-corrected chi connectivity index (χ4v) is 12.6. The molecule has 69 heavy (non-hydrogen) atoms. The van der Waals surface area contributed by atoms with Crippen LogP contribution in [0.3, 0.4) is 0 Å². The molecule has 0 bridgehead atoms. The van der Waals surface area contributed by atoms with Gasteiger partial charge in [0.2, 0.25) is 0 Å². The Hall–Kier alpha value is -8.92. The van der Waals surface area contributed by atoms with Gasteiger partial charge in [0, 0.05) is 39.2 Å². The van der Waals surface area contributed by atoms with E-state index in [0.717, 1.165) is 62.3 Å². The Bertz CT molecular complexity index is 3830. The molecule has 0 aromatic heterocycles. The third kappa shape index (κ3) is 5.11. The summed E-state index contributed by atoms with van der Waals surface area (Å²) in [6.45, 7) is 0. The van der Waals surface area contributed by atoms with Crippen molar-refractivity contribution in [1.29, 1.82) is 0 Å². The maximum absolute atomic E-state index is 6.75. The number of ether oxygens (including phenoxy) is 2. The first-order chi connectivity index (χ1) is 34.2. The lowest BCUT2D eigenvalue weighted by Gasteiger charge is -2.39. The van der Waals surface area contributed by atoms with Crippen LogP contribution in [0.5, 0.6) is 23.0 Å². The summed E-state index contributed by atoms with van der Waals surface area (Å²) in [6, 6.07) is 91.0. The number of rotatable bonds is 4. The van der Waals surface area contributed by atoms with Crippen molar-refractivity contribution in [1.82, 2.24) is 0 Å². The minimum Gasteiger partial charge on any atom is -0.457 e. The van der Waals surface area contributed by atoms with Crippen LogP contribution in [0.4, 0.5) is 17.1 Å². The third-order valence-electron chi connectivity index (χ3n) is 15.4. The molecule has 4 aliphatic rings. The SMILES string of the molecule is c1ccc(-c2ccc(N(c3ccc4c(c3)-c3cc5ccccc5cc3C43c4ccccc4Oc4ccccc43)c3cccc4c3-c3ccccc3C43c4ccccc4Oc4ccccc43)cc2)cc1. The first kappa shape index (κ1) is 38.2. The van der Waals surface area contributed by atoms with Crippen molar-refractivity contribution in [3.63, 3.8) is 0 Å². The smallest absolute Gasteiger partial charge is 0.132 e. The third-order valence-corrected chi connectivity index (χ3v) is 15.4. The van der Waals surface area contributed by atoms with Gasteiger partial charge in [-0.05, 0) is 128 Å². The highest BCUT2D eigenvalue weighted by Crippen LogP contribution is 2.66. The minimum absolute atomic E-state index is 0.607. The molecular weight excluding hydrogens is 839 g/mol. The van der Waals surface area contributed by atoms with Crippen LogP contribution in [0, 0.1) is 0 Å². The van der Waals surface area contributed by atoms with Gasteiger partial charge in [-0.3, -0.25) is 0 Å². The normalized spacial score (nSPS) is 14.3. The molecule has 15 rings (SSSR count). The zero-order chi connectivity index (χ0) is 45.3. The summed E-state index contributed by atoms with van der Waals surface area (Å²) < 4.78 is 13.5. The van der Waals surface area contributed by atoms with Gasteiger partial charge >= 0.3 is 0 Å². The largest absolute Gasteiger partial charge is 0.457 e. The molecule has 2 aliphatic carbocycles. The summed E-state index contributed by atoms with van der Waals surface area (Å²) in [5.41, 5.74) is 18.9. The average molecular weight is 880 g/mol. The van der Waals surface area contributed by atoms with Gasteiger partial charge in [0.1, 0.15) is 23.0 Å². The van der Waals surface area contributed by atoms with Gasteiger partial charge in [-0.25, -0.2) is 0 Å². The zero-order valence-electron chi connectivity index (χ0n) is 37.4. The number of hydrogen-bond donors (Lipinski definition) is 0. The van der Waals surface area contributed by atoms with Gasteiger partial charge in [-0.2, -0.15) is 0 Å². The topological polar surface area (TPSA) is 21.7 Å². The summed E-state index contributed by atoms with van der Waals surface area (Å²) in [7, 11) is 0. The van der Waals surface area contributed by atoms with Crippen molar-refractivity contribution in [2.75, 3.05) is 4.90 Å². The van der Waals surface area contributed by atoms with E-state index in [0.29, 0.717) is 0 Å². The molecular formula is C66H41NO2. The molecule has 11 aromatic carbocycles. The molecule has 0 amide bonds. The maximum atomic E-state index is 6.75. The van der Waals surface area contributed by atoms with Crippen molar-refractivity contribution in [2.45, 2.75) is 10.8 Å². The number of anilines is 3. The molecule has 0 N–H and O–H groups in total. The monoisotopic (exact) mass is 879 g/mol. The first-order valence-corrected chi connectivity index (χ1v) is 23.8. The second-order valence-corrected chi connectivity index (χ2v) is 18.7. The minimum atomic E-state index is -0.607. The fraction of sp³-hybridized carbons (Fsp3) is 0.0303. The molecule has 322 valence electrons. The van der Waals surface area contributed by atoms with Gasteiger partial charge in [-0.15, -0.1) is 0 Å². The first-order valence-electron chi connectivity index (χ1n) is 23.8. The Kier molecular flexibility index (Phi) is 7.92. The number of para-hydroxylation sites is 4. The summed E-state index contributed by atoms with van der Waals surface area (Å²) in [5.74, 6) is 3.53. The van der Waals surface area contributed by atoms with Crippen molar-refractivity contribution in [3.05, 3.63) is 293 Å². The average Bonchev–Trinajstić information content (AvgIpc) is 3.86. The lowest BCUT2D eigenvalue weighted by atomic mass is 9.66. The standard InChI is InChI=1S/C66H41NO2/c1-2-17-42(18-3-1)43-33-35-46(36-34-43)67(59-28-16-27-57-64(59)48-21-6-7-22-51(48)65(57)53-23-8-12-29-60(53)68-61-30-13-9-24-54(61)65)47-37-38-52-50(41-47)49-39-44-19-4-5-20-45(44)40-58(49)66(52)55-25-10-14-31-62(55)69-63-32-15-11-26-56(63)66/h1-41H. The lowest BCUT2D eigenvalue weighted by molar-refractivity contribution is 0.436. The second-order valence-electron chi connectivity index (χ2n) is 18.7. The molecule has 3 heteroatoms. The number of fused-ring (bicyclic) bond motifs is 19. The summed E-state index contributed by atoms with van der Waals surface area (Å²) in [5, 5.41) is 2.43. The molecule has 2 spiro atoms. The molecule has 11 aromatic rings. The van der Waals surface area contributed by atoms with Crippen LogP contribution in [0.2, 0.25) is 0 Å². The van der Waals surface area contributed by atoms with E-state index < -0.39 is 10.8 Å². The lowest BCUT2D eigenvalue weighted by Crippen LogP contribution is -2.32. The Morgan fingerprint density at radius 1 is 0.275 bits per heavy atom. The Morgan fingerprint density at radius 3 is 1.35 bits per heavy atom. The predicted molar refractivity (Wildman–Crippen MR) is 279 cm³/mol. The van der Waals surface area contributed by atoms with Gasteiger partial charge in [-0.1, -0.05) is 182 Å². The molecule has 0 unspecified atom stereocenters. The van der Waals surface area contributed by atoms with E-state index in [9.17, 15) is 0 Å². The molecule has 2 heterocycles. The summed E-state index contributed by atoms with van der Waals surface area (Å²) >= 11 is 0. The van der Waals surface area contributed by atoms with E-state index in [1.165, 1.54) is 66.4 Å². The van der Waals surface area contributed by atoms with Crippen LogP contribution in [-0.4, -0.2) is 0 Å². The van der Waals surface area contributed by atoms with E-state index >= 15 is 0 Å². The molecule has 3 nitrogen and oxygen atoms in total. The van der Waals surface area contributed by atoms with Crippen molar-refractivity contribution in [3.8, 4) is 56.4 Å². The van der Waals surface area contributed by atoms with Gasteiger partial charge in [0.15, 0.2) is 0 Å². The highest BCUT2D eigenvalue weighted by atomic mass is 16.5. The number of hydrogen-bond acceptors (Lipinski definition) is 3. The molecule has 0 fully saturated rings. The molecule has 0 saturated carbocycles. The van der Waals surface area contributed by atoms with Crippen molar-refractivity contribution in [2.24, 2.45) is 0 Å². The van der Waals surface area contributed by atoms with Crippen LogP contribution >= 0.6 is 0 Å². The summed E-state index contributed by atoms with van der Waals surface area (Å²) in [6.07, 6.45) is 0. The van der Waals surface area contributed by atoms with Crippen molar-refractivity contribution >= 4 is 27.8 Å². The van der Waals surface area contributed by atoms with E-state index in [1.54, 1.807) is 0 Å². The number of nitrogens with zero attached hydrogens (tertiary/aromatic N) is 1. The number of benzene rings is 11. The molecule has 0 saturated heterocycles. The van der Waals surface area contributed by atoms with Crippen LogP contribution in [0.15, 0.2) is 249 Å². The Labute approximate surface area is 400 Å². The Morgan fingerprint density at radius 2 is 0.725 bits per heavy atom. The highest BCUT2D eigenvalue weighted by Gasteiger charge is 2.53. The highest BCUT2D eigenvalue weighted by molar-refractivity contribution is 6.01.